The molecule has 0 bridgehead atoms. The van der Waals surface area contributed by atoms with Gasteiger partial charge in [-0.05, 0) is 50.6 Å². The van der Waals surface area contributed by atoms with Crippen LogP contribution in [0, 0.1) is 0 Å². The summed E-state index contributed by atoms with van der Waals surface area (Å²) in [7, 11) is 0. The summed E-state index contributed by atoms with van der Waals surface area (Å²) in [5.41, 5.74) is 1.56. The van der Waals surface area contributed by atoms with Crippen molar-refractivity contribution >= 4 is 17.5 Å². The standard InChI is InChI=1S/C22H28N2O3/c1-17(25)24(15-14-21(26)23-22(2,3)4)19-10-12-20(13-11-19)27-16-18-8-6-5-7-9-18/h5-13H,14-16H2,1-4H3,(H,23,26). The topological polar surface area (TPSA) is 58.6 Å². The van der Waals surface area contributed by atoms with Gasteiger partial charge in [0.15, 0.2) is 0 Å². The molecule has 2 rings (SSSR count). The maximum absolute atomic E-state index is 12.0. The lowest BCUT2D eigenvalue weighted by Gasteiger charge is -2.24. The van der Waals surface area contributed by atoms with Crippen LogP contribution >= 0.6 is 0 Å². The van der Waals surface area contributed by atoms with Crippen LogP contribution in [0.5, 0.6) is 5.75 Å². The minimum Gasteiger partial charge on any atom is -0.489 e. The Kier molecular flexibility index (Phi) is 6.99. The Morgan fingerprint density at radius 3 is 2.19 bits per heavy atom. The lowest BCUT2D eigenvalue weighted by molar-refractivity contribution is -0.122. The van der Waals surface area contributed by atoms with E-state index in [-0.39, 0.29) is 23.8 Å². The Bertz CT molecular complexity index is 749. The number of nitrogens with zero attached hydrogens (tertiary/aromatic N) is 1. The number of amides is 2. The summed E-state index contributed by atoms with van der Waals surface area (Å²) in [5, 5.41) is 2.91. The second-order valence-electron chi connectivity index (χ2n) is 7.49. The molecule has 0 fully saturated rings. The van der Waals surface area contributed by atoms with Gasteiger partial charge in [0, 0.05) is 31.1 Å². The zero-order valence-corrected chi connectivity index (χ0v) is 16.5. The highest BCUT2D eigenvalue weighted by atomic mass is 16.5. The molecule has 0 atom stereocenters. The smallest absolute Gasteiger partial charge is 0.223 e. The lowest BCUT2D eigenvalue weighted by Crippen LogP contribution is -2.42. The molecule has 1 N–H and O–H groups in total. The van der Waals surface area contributed by atoms with Crippen LogP contribution < -0.4 is 15.0 Å². The molecule has 2 aromatic carbocycles. The summed E-state index contributed by atoms with van der Waals surface area (Å²) in [4.78, 5) is 25.6. The maximum atomic E-state index is 12.0. The van der Waals surface area contributed by atoms with E-state index in [0.29, 0.717) is 13.2 Å². The molecule has 0 spiro atoms. The van der Waals surface area contributed by atoms with Crippen LogP contribution in [0.15, 0.2) is 54.6 Å². The third-order valence-corrected chi connectivity index (χ3v) is 3.85. The predicted molar refractivity (Wildman–Crippen MR) is 108 cm³/mol. The molecular formula is C22H28N2O3. The first-order valence-electron chi connectivity index (χ1n) is 9.10. The number of hydrogen-bond donors (Lipinski definition) is 1. The van der Waals surface area contributed by atoms with Gasteiger partial charge in [0.2, 0.25) is 11.8 Å². The van der Waals surface area contributed by atoms with Crippen LogP contribution in [0.2, 0.25) is 0 Å². The van der Waals surface area contributed by atoms with Crippen LogP contribution in [-0.2, 0) is 16.2 Å². The highest BCUT2D eigenvalue weighted by Crippen LogP contribution is 2.21. The van der Waals surface area contributed by atoms with Crippen LogP contribution in [0.3, 0.4) is 0 Å². The van der Waals surface area contributed by atoms with Gasteiger partial charge in [0.1, 0.15) is 12.4 Å². The summed E-state index contributed by atoms with van der Waals surface area (Å²) in [5.74, 6) is 0.560. The Balaban J connectivity index is 1.95. The van der Waals surface area contributed by atoms with E-state index in [1.807, 2.05) is 75.4 Å². The first-order chi connectivity index (χ1) is 12.7. The highest BCUT2D eigenvalue weighted by Gasteiger charge is 2.17. The molecule has 0 saturated carbocycles. The Morgan fingerprint density at radius 1 is 1.00 bits per heavy atom. The molecule has 0 aliphatic rings. The van der Waals surface area contributed by atoms with E-state index in [1.165, 1.54) is 6.92 Å². The fraction of sp³-hybridized carbons (Fsp3) is 0.364. The van der Waals surface area contributed by atoms with E-state index in [1.54, 1.807) is 4.90 Å². The summed E-state index contributed by atoms with van der Waals surface area (Å²) in [6.07, 6.45) is 0.253. The first kappa shape index (κ1) is 20.5. The third-order valence-electron chi connectivity index (χ3n) is 3.85. The number of hydrogen-bond acceptors (Lipinski definition) is 3. The largest absolute Gasteiger partial charge is 0.489 e. The van der Waals surface area contributed by atoms with Crippen LogP contribution in [0.25, 0.3) is 0 Å². The molecule has 0 aromatic heterocycles. The minimum atomic E-state index is -0.282. The molecule has 2 aromatic rings. The number of anilines is 1. The maximum Gasteiger partial charge on any atom is 0.223 e. The fourth-order valence-corrected chi connectivity index (χ4v) is 2.63. The van der Waals surface area contributed by atoms with Crippen molar-refractivity contribution < 1.29 is 14.3 Å². The molecule has 144 valence electrons. The molecule has 0 unspecified atom stereocenters. The van der Waals surface area contributed by atoms with Crippen molar-refractivity contribution in [2.45, 2.75) is 46.3 Å². The molecule has 0 aliphatic carbocycles. The van der Waals surface area contributed by atoms with Gasteiger partial charge in [-0.3, -0.25) is 9.59 Å². The van der Waals surface area contributed by atoms with Gasteiger partial charge in [-0.15, -0.1) is 0 Å². The highest BCUT2D eigenvalue weighted by molar-refractivity contribution is 5.92. The third kappa shape index (κ3) is 7.13. The van der Waals surface area contributed by atoms with Gasteiger partial charge in [-0.25, -0.2) is 0 Å². The van der Waals surface area contributed by atoms with Gasteiger partial charge >= 0.3 is 0 Å². The average Bonchev–Trinajstić information content (AvgIpc) is 2.60. The summed E-state index contributed by atoms with van der Waals surface area (Å²) >= 11 is 0. The number of carbonyl (C=O) groups excluding carboxylic acids is 2. The summed E-state index contributed by atoms with van der Waals surface area (Å²) in [6, 6.07) is 17.3. The second-order valence-corrected chi connectivity index (χ2v) is 7.49. The van der Waals surface area contributed by atoms with Gasteiger partial charge in [-0.2, -0.15) is 0 Å². The van der Waals surface area contributed by atoms with E-state index in [2.05, 4.69) is 5.32 Å². The van der Waals surface area contributed by atoms with Crippen molar-refractivity contribution in [3.63, 3.8) is 0 Å². The minimum absolute atomic E-state index is 0.0726. The predicted octanol–water partition coefficient (Wildman–Crippen LogP) is 3.92. The fourth-order valence-electron chi connectivity index (χ4n) is 2.63. The van der Waals surface area contributed by atoms with Crippen LogP contribution in [0.1, 0.15) is 39.7 Å². The number of nitrogens with one attached hydrogen (secondary N) is 1. The van der Waals surface area contributed by atoms with E-state index in [4.69, 9.17) is 4.74 Å². The lowest BCUT2D eigenvalue weighted by atomic mass is 10.1. The SMILES string of the molecule is CC(=O)N(CCC(=O)NC(C)(C)C)c1ccc(OCc2ccccc2)cc1. The number of benzene rings is 2. The van der Waals surface area contributed by atoms with Gasteiger partial charge in [0.05, 0.1) is 0 Å². The average molecular weight is 368 g/mol. The number of rotatable bonds is 7. The van der Waals surface area contributed by atoms with E-state index in [9.17, 15) is 9.59 Å². The van der Waals surface area contributed by atoms with Gasteiger partial charge < -0.3 is 15.0 Å². The second kappa shape index (κ2) is 9.21. The molecule has 0 radical (unpaired) electrons. The quantitative estimate of drug-likeness (QED) is 0.806. The monoisotopic (exact) mass is 368 g/mol. The molecular weight excluding hydrogens is 340 g/mol. The van der Waals surface area contributed by atoms with Crippen molar-refractivity contribution in [1.29, 1.82) is 0 Å². The van der Waals surface area contributed by atoms with Crippen LogP contribution in [-0.4, -0.2) is 23.9 Å². The van der Waals surface area contributed by atoms with Crippen molar-refractivity contribution in [3.05, 3.63) is 60.2 Å². The molecule has 5 heteroatoms. The van der Waals surface area contributed by atoms with Crippen LogP contribution in [0.4, 0.5) is 5.69 Å². The van der Waals surface area contributed by atoms with Crippen molar-refractivity contribution in [3.8, 4) is 5.75 Å². The zero-order chi connectivity index (χ0) is 19.9. The normalized spacial score (nSPS) is 11.0. The van der Waals surface area contributed by atoms with Crippen molar-refractivity contribution in [2.24, 2.45) is 0 Å². The molecule has 5 nitrogen and oxygen atoms in total. The molecule has 27 heavy (non-hydrogen) atoms. The molecule has 2 amide bonds. The summed E-state index contributed by atoms with van der Waals surface area (Å²) in [6.45, 7) is 8.12. The summed E-state index contributed by atoms with van der Waals surface area (Å²) < 4.78 is 5.77. The number of ether oxygens (including phenoxy) is 1. The van der Waals surface area contributed by atoms with Crippen molar-refractivity contribution in [2.75, 3.05) is 11.4 Å². The molecule has 0 aliphatic heterocycles. The van der Waals surface area contributed by atoms with Gasteiger partial charge in [0.25, 0.3) is 0 Å². The van der Waals surface area contributed by atoms with E-state index >= 15 is 0 Å². The van der Waals surface area contributed by atoms with E-state index < -0.39 is 0 Å². The Labute approximate surface area is 161 Å². The molecule has 0 heterocycles. The Morgan fingerprint density at radius 2 is 1.63 bits per heavy atom. The zero-order valence-electron chi connectivity index (χ0n) is 16.5. The number of carbonyl (C=O) groups is 2. The van der Waals surface area contributed by atoms with Gasteiger partial charge in [-0.1, -0.05) is 30.3 Å². The van der Waals surface area contributed by atoms with Crippen molar-refractivity contribution in [1.82, 2.24) is 5.32 Å². The first-order valence-corrected chi connectivity index (χ1v) is 9.10. The Hall–Kier alpha value is -2.82. The molecule has 0 saturated heterocycles. The van der Waals surface area contributed by atoms with E-state index in [0.717, 1.165) is 17.0 Å².